The molecule has 4 aromatic heterocycles. The Morgan fingerprint density at radius 2 is 2.12 bits per heavy atom. The lowest BCUT2D eigenvalue weighted by atomic mass is 10.1. The predicted octanol–water partition coefficient (Wildman–Crippen LogP) is 2.12. The Labute approximate surface area is 148 Å². The molecule has 0 fully saturated rings. The molecule has 0 spiro atoms. The van der Waals surface area contributed by atoms with Crippen molar-refractivity contribution < 1.29 is 4.79 Å². The summed E-state index contributed by atoms with van der Waals surface area (Å²) in [6.45, 7) is 2.36. The van der Waals surface area contributed by atoms with Crippen molar-refractivity contribution in [2.24, 2.45) is 0 Å². The predicted molar refractivity (Wildman–Crippen MR) is 96.0 cm³/mol. The SMILES string of the molecule is CCNC(=O)Nc1nc2cc(-c3cccnc3)cc(-n3cccn3)n2n1. The topological polar surface area (TPSA) is 102 Å². The summed E-state index contributed by atoms with van der Waals surface area (Å²) in [5, 5.41) is 13.9. The zero-order valence-corrected chi connectivity index (χ0v) is 14.0. The number of fused-ring (bicyclic) bond motifs is 1. The standard InChI is InChI=1S/C17H16N8O/c1-2-19-17(26)22-16-21-14-9-13(12-5-3-6-18-11-12)10-15(25(14)23-16)24-8-4-7-20-24/h3-11H,2H2,1H3,(H2,19,22,23,26). The first-order valence-electron chi connectivity index (χ1n) is 8.10. The van der Waals surface area contributed by atoms with Gasteiger partial charge in [0.1, 0.15) is 0 Å². The summed E-state index contributed by atoms with van der Waals surface area (Å²) in [7, 11) is 0. The monoisotopic (exact) mass is 348 g/mol. The van der Waals surface area contributed by atoms with Crippen LogP contribution in [0.3, 0.4) is 0 Å². The van der Waals surface area contributed by atoms with E-state index in [0.29, 0.717) is 18.0 Å². The fourth-order valence-corrected chi connectivity index (χ4v) is 2.59. The molecule has 2 N–H and O–H groups in total. The molecule has 130 valence electrons. The molecule has 9 heteroatoms. The lowest BCUT2D eigenvalue weighted by Gasteiger charge is -2.07. The van der Waals surface area contributed by atoms with Gasteiger partial charge in [-0.2, -0.15) is 14.6 Å². The molecule has 0 aliphatic carbocycles. The fourth-order valence-electron chi connectivity index (χ4n) is 2.59. The number of aromatic nitrogens is 6. The molecule has 9 nitrogen and oxygen atoms in total. The van der Waals surface area contributed by atoms with E-state index >= 15 is 0 Å². The molecule has 0 radical (unpaired) electrons. The summed E-state index contributed by atoms with van der Waals surface area (Å²) in [4.78, 5) is 20.3. The van der Waals surface area contributed by atoms with Crippen molar-refractivity contribution in [3.63, 3.8) is 0 Å². The molecule has 0 aliphatic rings. The highest BCUT2D eigenvalue weighted by Crippen LogP contribution is 2.24. The van der Waals surface area contributed by atoms with Gasteiger partial charge >= 0.3 is 6.03 Å². The van der Waals surface area contributed by atoms with Crippen LogP contribution in [-0.2, 0) is 0 Å². The van der Waals surface area contributed by atoms with Gasteiger partial charge in [-0.1, -0.05) is 6.07 Å². The summed E-state index contributed by atoms with van der Waals surface area (Å²) < 4.78 is 3.33. The number of pyridine rings is 2. The second kappa shape index (κ2) is 6.63. The van der Waals surface area contributed by atoms with Crippen LogP contribution in [0.25, 0.3) is 22.6 Å². The molecule has 4 aromatic rings. The number of urea groups is 1. The third-order valence-corrected chi connectivity index (χ3v) is 3.72. The fraction of sp³-hybridized carbons (Fsp3) is 0.118. The maximum atomic E-state index is 11.8. The third kappa shape index (κ3) is 2.97. The zero-order valence-electron chi connectivity index (χ0n) is 14.0. The van der Waals surface area contributed by atoms with Gasteiger partial charge in [0.05, 0.1) is 0 Å². The second-order valence-corrected chi connectivity index (χ2v) is 5.48. The summed E-state index contributed by atoms with van der Waals surface area (Å²) in [5.41, 5.74) is 2.46. The number of carbonyl (C=O) groups is 1. The van der Waals surface area contributed by atoms with E-state index in [9.17, 15) is 4.79 Å². The van der Waals surface area contributed by atoms with Crippen LogP contribution in [0.5, 0.6) is 0 Å². The van der Waals surface area contributed by atoms with Crippen LogP contribution in [0, 0.1) is 0 Å². The number of rotatable bonds is 4. The molecule has 0 bridgehead atoms. The first kappa shape index (κ1) is 15.8. The van der Waals surface area contributed by atoms with Gasteiger partial charge in [0.15, 0.2) is 11.5 Å². The highest BCUT2D eigenvalue weighted by Gasteiger charge is 2.14. The van der Waals surface area contributed by atoms with Crippen LogP contribution in [0.1, 0.15) is 6.92 Å². The van der Waals surface area contributed by atoms with E-state index < -0.39 is 0 Å². The maximum Gasteiger partial charge on any atom is 0.321 e. The van der Waals surface area contributed by atoms with Gasteiger partial charge in [-0.05, 0) is 36.8 Å². The molecule has 0 aliphatic heterocycles. The van der Waals surface area contributed by atoms with E-state index in [2.05, 4.69) is 30.8 Å². The Morgan fingerprint density at radius 1 is 1.19 bits per heavy atom. The van der Waals surface area contributed by atoms with Crippen molar-refractivity contribution in [3.05, 3.63) is 55.1 Å². The van der Waals surface area contributed by atoms with E-state index in [1.54, 1.807) is 27.8 Å². The molecule has 0 saturated heterocycles. The minimum absolute atomic E-state index is 0.215. The van der Waals surface area contributed by atoms with Crippen molar-refractivity contribution in [1.29, 1.82) is 0 Å². The van der Waals surface area contributed by atoms with Crippen molar-refractivity contribution in [1.82, 2.24) is 34.7 Å². The number of hydrogen-bond donors (Lipinski definition) is 2. The lowest BCUT2D eigenvalue weighted by molar-refractivity contribution is 0.252. The van der Waals surface area contributed by atoms with Gasteiger partial charge in [-0.15, -0.1) is 5.10 Å². The Kier molecular flexibility index (Phi) is 4.02. The molecule has 4 heterocycles. The van der Waals surface area contributed by atoms with E-state index in [1.807, 2.05) is 43.5 Å². The van der Waals surface area contributed by atoms with E-state index in [4.69, 9.17) is 0 Å². The Balaban J connectivity index is 1.85. The molecule has 4 rings (SSSR count). The first-order valence-corrected chi connectivity index (χ1v) is 8.10. The van der Waals surface area contributed by atoms with Crippen molar-refractivity contribution in [2.45, 2.75) is 6.92 Å². The van der Waals surface area contributed by atoms with Crippen LogP contribution >= 0.6 is 0 Å². The smallest absolute Gasteiger partial charge is 0.321 e. The third-order valence-electron chi connectivity index (χ3n) is 3.72. The van der Waals surface area contributed by atoms with E-state index in [1.165, 1.54) is 0 Å². The number of nitrogens with one attached hydrogen (secondary N) is 2. The van der Waals surface area contributed by atoms with Crippen molar-refractivity contribution >= 4 is 17.6 Å². The van der Waals surface area contributed by atoms with Gasteiger partial charge < -0.3 is 5.32 Å². The molecule has 2 amide bonds. The Hall–Kier alpha value is -3.75. The molecule has 0 unspecified atom stereocenters. The van der Waals surface area contributed by atoms with Crippen LogP contribution in [-0.4, -0.2) is 41.9 Å². The first-order chi connectivity index (χ1) is 12.7. The molecule has 0 atom stereocenters. The van der Waals surface area contributed by atoms with Gasteiger partial charge in [0.25, 0.3) is 5.95 Å². The molecule has 0 saturated carbocycles. The van der Waals surface area contributed by atoms with Crippen LogP contribution in [0.2, 0.25) is 0 Å². The molecular weight excluding hydrogens is 332 g/mol. The Bertz CT molecular complexity index is 1040. The number of hydrogen-bond acceptors (Lipinski definition) is 5. The van der Waals surface area contributed by atoms with Gasteiger partial charge in [-0.3, -0.25) is 10.3 Å². The van der Waals surface area contributed by atoms with Crippen molar-refractivity contribution in [3.8, 4) is 16.9 Å². The summed E-state index contributed by atoms with van der Waals surface area (Å²) in [6, 6.07) is 9.15. The number of anilines is 1. The highest BCUT2D eigenvalue weighted by atomic mass is 16.2. The van der Waals surface area contributed by atoms with E-state index in [-0.39, 0.29) is 12.0 Å². The summed E-state index contributed by atoms with van der Waals surface area (Å²) in [6.07, 6.45) is 7.01. The Morgan fingerprint density at radius 3 is 2.85 bits per heavy atom. The maximum absolute atomic E-state index is 11.8. The average Bonchev–Trinajstić information content (AvgIpc) is 3.31. The zero-order chi connectivity index (χ0) is 17.9. The average molecular weight is 348 g/mol. The molecule has 26 heavy (non-hydrogen) atoms. The number of nitrogens with zero attached hydrogens (tertiary/aromatic N) is 6. The van der Waals surface area contributed by atoms with Crippen LogP contribution in [0.4, 0.5) is 10.7 Å². The second-order valence-electron chi connectivity index (χ2n) is 5.48. The van der Waals surface area contributed by atoms with E-state index in [0.717, 1.165) is 11.1 Å². The largest absolute Gasteiger partial charge is 0.338 e. The van der Waals surface area contributed by atoms with Crippen molar-refractivity contribution in [2.75, 3.05) is 11.9 Å². The normalized spacial score (nSPS) is 10.8. The van der Waals surface area contributed by atoms with Gasteiger partial charge in [0, 0.05) is 36.9 Å². The molecule has 0 aromatic carbocycles. The minimum Gasteiger partial charge on any atom is -0.338 e. The van der Waals surface area contributed by atoms with Crippen LogP contribution < -0.4 is 10.6 Å². The van der Waals surface area contributed by atoms with Crippen LogP contribution in [0.15, 0.2) is 55.1 Å². The molecular formula is C17H16N8O. The quantitative estimate of drug-likeness (QED) is 0.588. The number of amides is 2. The minimum atomic E-state index is -0.350. The lowest BCUT2D eigenvalue weighted by Crippen LogP contribution is -2.28. The highest BCUT2D eigenvalue weighted by molar-refractivity contribution is 5.87. The van der Waals surface area contributed by atoms with Gasteiger partial charge in [-0.25, -0.2) is 9.48 Å². The summed E-state index contributed by atoms with van der Waals surface area (Å²) in [5.74, 6) is 0.912. The van der Waals surface area contributed by atoms with Gasteiger partial charge in [0.2, 0.25) is 0 Å². The number of carbonyl (C=O) groups excluding carboxylic acids is 1. The summed E-state index contributed by atoms with van der Waals surface area (Å²) >= 11 is 0.